The Bertz CT molecular complexity index is 455. The van der Waals surface area contributed by atoms with Crippen LogP contribution in [0, 0.1) is 17.1 Å². The fourth-order valence-corrected chi connectivity index (χ4v) is 2.24. The molecule has 0 radical (unpaired) electrons. The molecule has 1 atom stereocenters. The third-order valence-corrected chi connectivity index (χ3v) is 3.48. The Hall–Kier alpha value is -1.60. The normalized spacial score (nSPS) is 13.6. The Morgan fingerprint density at radius 3 is 2.75 bits per heavy atom. The van der Waals surface area contributed by atoms with Crippen molar-refractivity contribution in [2.24, 2.45) is 0 Å². The van der Waals surface area contributed by atoms with Gasteiger partial charge in [-0.3, -0.25) is 5.32 Å². The van der Waals surface area contributed by atoms with Crippen molar-refractivity contribution >= 4 is 5.69 Å². The van der Waals surface area contributed by atoms with Gasteiger partial charge in [0, 0.05) is 19.3 Å². The molecule has 20 heavy (non-hydrogen) atoms. The largest absolute Gasteiger partial charge is 0.375 e. The van der Waals surface area contributed by atoms with E-state index in [2.05, 4.69) is 11.4 Å². The lowest BCUT2D eigenvalue weighted by atomic mass is 9.96. The predicted molar refractivity (Wildman–Crippen MR) is 81.2 cm³/mol. The van der Waals surface area contributed by atoms with Crippen molar-refractivity contribution in [2.75, 3.05) is 25.0 Å². The van der Waals surface area contributed by atoms with Gasteiger partial charge in [-0.05, 0) is 50.9 Å². The molecule has 1 rings (SSSR count). The Morgan fingerprint density at radius 1 is 1.40 bits per heavy atom. The molecule has 0 amide bonds. The first-order valence-electron chi connectivity index (χ1n) is 7.14. The number of nitrogens with one attached hydrogen (secondary N) is 1. The van der Waals surface area contributed by atoms with Crippen molar-refractivity contribution in [3.05, 3.63) is 30.1 Å². The van der Waals surface area contributed by atoms with Crippen LogP contribution in [0.15, 0.2) is 24.3 Å². The highest BCUT2D eigenvalue weighted by molar-refractivity contribution is 5.45. The summed E-state index contributed by atoms with van der Waals surface area (Å²) in [5, 5.41) is 12.4. The summed E-state index contributed by atoms with van der Waals surface area (Å²) in [5.74, 6) is -0.210. The monoisotopic (exact) mass is 277 g/mol. The summed E-state index contributed by atoms with van der Waals surface area (Å²) in [6.45, 7) is 5.60. The van der Waals surface area contributed by atoms with Crippen LogP contribution in [0.25, 0.3) is 0 Å². The highest BCUT2D eigenvalue weighted by Crippen LogP contribution is 2.16. The van der Waals surface area contributed by atoms with Gasteiger partial charge in [0.1, 0.15) is 11.4 Å². The van der Waals surface area contributed by atoms with E-state index in [0.717, 1.165) is 38.0 Å². The molecule has 1 unspecified atom stereocenters. The molecular formula is C16H24FN3. The molecule has 0 saturated heterocycles. The zero-order chi connectivity index (χ0) is 15.0. The summed E-state index contributed by atoms with van der Waals surface area (Å²) >= 11 is 0. The SMILES string of the molecule is CCNC(C)(C#N)CCCCN(C)c1cccc(F)c1. The van der Waals surface area contributed by atoms with Crippen LogP contribution in [0.4, 0.5) is 10.1 Å². The van der Waals surface area contributed by atoms with Crippen molar-refractivity contribution in [2.45, 2.75) is 38.6 Å². The number of unbranched alkanes of at least 4 members (excludes halogenated alkanes) is 1. The average molecular weight is 277 g/mol. The zero-order valence-electron chi connectivity index (χ0n) is 12.6. The zero-order valence-corrected chi connectivity index (χ0v) is 12.6. The van der Waals surface area contributed by atoms with E-state index >= 15 is 0 Å². The fraction of sp³-hybridized carbons (Fsp3) is 0.562. The van der Waals surface area contributed by atoms with Gasteiger partial charge in [0.2, 0.25) is 0 Å². The van der Waals surface area contributed by atoms with Crippen molar-refractivity contribution in [3.8, 4) is 6.07 Å². The molecule has 1 N–H and O–H groups in total. The molecule has 0 saturated carbocycles. The molecule has 0 heterocycles. The van der Waals surface area contributed by atoms with E-state index in [1.165, 1.54) is 12.1 Å². The Morgan fingerprint density at radius 2 is 2.15 bits per heavy atom. The van der Waals surface area contributed by atoms with Gasteiger partial charge in [-0.25, -0.2) is 4.39 Å². The van der Waals surface area contributed by atoms with Crippen LogP contribution in [0.1, 0.15) is 33.1 Å². The van der Waals surface area contributed by atoms with Gasteiger partial charge in [-0.15, -0.1) is 0 Å². The molecule has 4 heteroatoms. The van der Waals surface area contributed by atoms with Crippen LogP contribution >= 0.6 is 0 Å². The van der Waals surface area contributed by atoms with Crippen molar-refractivity contribution < 1.29 is 4.39 Å². The summed E-state index contributed by atoms with van der Waals surface area (Å²) in [6, 6.07) is 8.95. The molecule has 0 aliphatic carbocycles. The predicted octanol–water partition coefficient (Wildman–Crippen LogP) is 3.32. The third-order valence-electron chi connectivity index (χ3n) is 3.48. The van der Waals surface area contributed by atoms with E-state index < -0.39 is 5.54 Å². The number of halogens is 1. The summed E-state index contributed by atoms with van der Waals surface area (Å²) in [7, 11) is 1.96. The summed E-state index contributed by atoms with van der Waals surface area (Å²) in [6.07, 6.45) is 2.78. The molecule has 0 aromatic heterocycles. The van der Waals surface area contributed by atoms with Gasteiger partial charge >= 0.3 is 0 Å². The molecule has 1 aromatic rings. The maximum atomic E-state index is 13.1. The first kappa shape index (κ1) is 16.5. The number of hydrogen-bond acceptors (Lipinski definition) is 3. The van der Waals surface area contributed by atoms with Gasteiger partial charge < -0.3 is 4.90 Å². The van der Waals surface area contributed by atoms with E-state index in [4.69, 9.17) is 5.26 Å². The van der Waals surface area contributed by atoms with E-state index in [1.807, 2.05) is 31.9 Å². The van der Waals surface area contributed by atoms with Crippen LogP contribution in [-0.2, 0) is 0 Å². The lowest BCUT2D eigenvalue weighted by Crippen LogP contribution is -2.40. The summed E-state index contributed by atoms with van der Waals surface area (Å²) in [5.41, 5.74) is 0.450. The van der Waals surface area contributed by atoms with Gasteiger partial charge in [-0.1, -0.05) is 13.0 Å². The summed E-state index contributed by atoms with van der Waals surface area (Å²) in [4.78, 5) is 2.04. The average Bonchev–Trinajstić information content (AvgIpc) is 2.44. The topological polar surface area (TPSA) is 39.1 Å². The lowest BCUT2D eigenvalue weighted by molar-refractivity contribution is 0.412. The highest BCUT2D eigenvalue weighted by atomic mass is 19.1. The second-order valence-electron chi connectivity index (χ2n) is 5.33. The molecule has 0 aliphatic rings. The second-order valence-corrected chi connectivity index (χ2v) is 5.33. The van der Waals surface area contributed by atoms with Crippen LogP contribution in [0.2, 0.25) is 0 Å². The number of benzene rings is 1. The minimum absolute atomic E-state index is 0.210. The van der Waals surface area contributed by atoms with Crippen molar-refractivity contribution in [1.29, 1.82) is 5.26 Å². The number of rotatable bonds is 8. The van der Waals surface area contributed by atoms with Crippen LogP contribution < -0.4 is 10.2 Å². The molecule has 110 valence electrons. The van der Waals surface area contributed by atoms with E-state index in [9.17, 15) is 4.39 Å². The highest BCUT2D eigenvalue weighted by Gasteiger charge is 2.21. The Balaban J connectivity index is 2.36. The quantitative estimate of drug-likeness (QED) is 0.741. The van der Waals surface area contributed by atoms with Crippen LogP contribution in [0.5, 0.6) is 0 Å². The molecule has 0 spiro atoms. The smallest absolute Gasteiger partial charge is 0.125 e. The summed E-state index contributed by atoms with van der Waals surface area (Å²) < 4.78 is 13.1. The number of anilines is 1. The first-order chi connectivity index (χ1) is 9.50. The van der Waals surface area contributed by atoms with Gasteiger partial charge in [0.05, 0.1) is 6.07 Å². The minimum Gasteiger partial charge on any atom is -0.375 e. The fourth-order valence-electron chi connectivity index (χ4n) is 2.24. The van der Waals surface area contributed by atoms with Crippen molar-refractivity contribution in [1.82, 2.24) is 5.32 Å². The molecule has 0 aliphatic heterocycles. The molecular weight excluding hydrogens is 253 g/mol. The number of hydrogen-bond donors (Lipinski definition) is 1. The lowest BCUT2D eigenvalue weighted by Gasteiger charge is -2.23. The van der Waals surface area contributed by atoms with E-state index in [-0.39, 0.29) is 5.82 Å². The third kappa shape index (κ3) is 5.18. The molecule has 3 nitrogen and oxygen atoms in total. The van der Waals surface area contributed by atoms with Gasteiger partial charge in [0.15, 0.2) is 0 Å². The first-order valence-corrected chi connectivity index (χ1v) is 7.14. The molecule has 0 fully saturated rings. The van der Waals surface area contributed by atoms with E-state index in [1.54, 1.807) is 6.07 Å². The minimum atomic E-state index is -0.438. The van der Waals surface area contributed by atoms with E-state index in [0.29, 0.717) is 0 Å². The van der Waals surface area contributed by atoms with Crippen LogP contribution in [0.3, 0.4) is 0 Å². The van der Waals surface area contributed by atoms with Crippen LogP contribution in [-0.4, -0.2) is 25.7 Å². The van der Waals surface area contributed by atoms with Gasteiger partial charge in [-0.2, -0.15) is 5.26 Å². The second kappa shape index (κ2) is 7.86. The number of nitriles is 1. The maximum absolute atomic E-state index is 13.1. The maximum Gasteiger partial charge on any atom is 0.125 e. The molecule has 1 aromatic carbocycles. The number of nitrogens with zero attached hydrogens (tertiary/aromatic N) is 2. The van der Waals surface area contributed by atoms with Crippen molar-refractivity contribution in [3.63, 3.8) is 0 Å². The molecule has 0 bridgehead atoms. The Labute approximate surface area is 121 Å². The van der Waals surface area contributed by atoms with Gasteiger partial charge in [0.25, 0.3) is 0 Å². The standard InChI is InChI=1S/C16H24FN3/c1-4-19-16(2,13-18)10-5-6-11-20(3)15-9-7-8-14(17)12-15/h7-9,12,19H,4-6,10-11H2,1-3H3. The Kier molecular flexibility index (Phi) is 6.47.